The summed E-state index contributed by atoms with van der Waals surface area (Å²) >= 11 is 0. The second kappa shape index (κ2) is 5.80. The highest BCUT2D eigenvalue weighted by Gasteiger charge is 2.66. The van der Waals surface area contributed by atoms with Crippen LogP contribution in [0.4, 0.5) is 0 Å². The summed E-state index contributed by atoms with van der Waals surface area (Å²) in [7, 11) is 0. The minimum Gasteiger partial charge on any atom is -0.479 e. The number of carboxylic acid groups (broad SMARTS) is 1. The van der Waals surface area contributed by atoms with Gasteiger partial charge in [0, 0.05) is 30.3 Å². The Bertz CT molecular complexity index is 844. The van der Waals surface area contributed by atoms with Crippen LogP contribution in [-0.2, 0) is 9.53 Å². The molecule has 134 valence electrons. The number of rotatable bonds is 5. The number of carbonyl (C=O) groups is 2. The van der Waals surface area contributed by atoms with Crippen LogP contribution in [0.2, 0.25) is 0 Å². The molecule has 0 aromatic carbocycles. The number of ether oxygens (including phenoxy) is 1. The van der Waals surface area contributed by atoms with E-state index in [0.29, 0.717) is 12.3 Å². The van der Waals surface area contributed by atoms with E-state index in [1.54, 1.807) is 26.1 Å². The van der Waals surface area contributed by atoms with Crippen molar-refractivity contribution in [3.8, 4) is 0 Å². The second-order valence-corrected chi connectivity index (χ2v) is 6.93. The number of aryl methyl sites for hydroxylation is 1. The van der Waals surface area contributed by atoms with Gasteiger partial charge in [-0.1, -0.05) is 13.8 Å². The van der Waals surface area contributed by atoms with Crippen molar-refractivity contribution >= 4 is 17.5 Å². The molecule has 0 spiro atoms. The number of nitrogens with zero attached hydrogens (tertiary/aromatic N) is 3. The van der Waals surface area contributed by atoms with Crippen LogP contribution >= 0.6 is 0 Å². The van der Waals surface area contributed by atoms with E-state index in [4.69, 9.17) is 4.74 Å². The Morgan fingerprint density at radius 3 is 2.80 bits per heavy atom. The van der Waals surface area contributed by atoms with Crippen molar-refractivity contribution in [2.45, 2.75) is 45.8 Å². The van der Waals surface area contributed by atoms with Crippen molar-refractivity contribution in [2.75, 3.05) is 6.61 Å². The summed E-state index contributed by atoms with van der Waals surface area (Å²) in [5, 5.41) is 16.6. The van der Waals surface area contributed by atoms with Crippen LogP contribution < -0.4 is 5.32 Å². The van der Waals surface area contributed by atoms with Crippen molar-refractivity contribution in [2.24, 2.45) is 5.41 Å². The molecule has 2 atom stereocenters. The fourth-order valence-corrected chi connectivity index (χ4v) is 3.42. The van der Waals surface area contributed by atoms with Gasteiger partial charge in [-0.2, -0.15) is 5.10 Å². The Morgan fingerprint density at radius 2 is 2.20 bits per heavy atom. The van der Waals surface area contributed by atoms with Gasteiger partial charge < -0.3 is 15.2 Å². The summed E-state index contributed by atoms with van der Waals surface area (Å²) in [6.45, 7) is 7.76. The van der Waals surface area contributed by atoms with Gasteiger partial charge in [0.25, 0.3) is 5.91 Å². The smallest absolute Gasteiger partial charge is 0.330 e. The lowest BCUT2D eigenvalue weighted by Gasteiger charge is -2.58. The molecule has 8 heteroatoms. The SMILES string of the molecule is CCO[C@H]1C[C@@](NC(=O)c2cnn3ccc(C)nc23)(C(=O)O)C1(C)C. The first-order valence-corrected chi connectivity index (χ1v) is 8.21. The Balaban J connectivity index is 1.92. The summed E-state index contributed by atoms with van der Waals surface area (Å²) in [6, 6.07) is 1.78. The minimum atomic E-state index is -1.39. The summed E-state index contributed by atoms with van der Waals surface area (Å²) < 4.78 is 7.10. The summed E-state index contributed by atoms with van der Waals surface area (Å²) in [4.78, 5) is 29.1. The Hall–Kier alpha value is -2.48. The normalized spacial score (nSPS) is 24.7. The fraction of sp³-hybridized carbons (Fsp3) is 0.529. The van der Waals surface area contributed by atoms with Crippen molar-refractivity contribution in [3.63, 3.8) is 0 Å². The van der Waals surface area contributed by atoms with Crippen LogP contribution in [0.15, 0.2) is 18.5 Å². The largest absolute Gasteiger partial charge is 0.479 e. The van der Waals surface area contributed by atoms with E-state index in [1.807, 2.05) is 13.8 Å². The molecule has 1 aliphatic carbocycles. The van der Waals surface area contributed by atoms with Gasteiger partial charge >= 0.3 is 5.97 Å². The lowest BCUT2D eigenvalue weighted by atomic mass is 9.54. The third-order valence-electron chi connectivity index (χ3n) is 5.21. The van der Waals surface area contributed by atoms with Crippen LogP contribution in [0.3, 0.4) is 0 Å². The first-order valence-electron chi connectivity index (χ1n) is 8.21. The number of carboxylic acids is 1. The number of aliphatic carboxylic acids is 1. The Kier molecular flexibility index (Phi) is 4.03. The highest BCUT2D eigenvalue weighted by atomic mass is 16.5. The number of nitrogens with one attached hydrogen (secondary N) is 1. The summed E-state index contributed by atoms with van der Waals surface area (Å²) in [5.74, 6) is -1.57. The molecular formula is C17H22N4O4. The van der Waals surface area contributed by atoms with Gasteiger partial charge in [0.15, 0.2) is 5.65 Å². The maximum atomic E-state index is 12.8. The number of hydrogen-bond donors (Lipinski definition) is 2. The van der Waals surface area contributed by atoms with E-state index in [-0.39, 0.29) is 18.1 Å². The van der Waals surface area contributed by atoms with Crippen LogP contribution in [0.5, 0.6) is 0 Å². The molecular weight excluding hydrogens is 324 g/mol. The van der Waals surface area contributed by atoms with E-state index in [9.17, 15) is 14.7 Å². The molecule has 8 nitrogen and oxygen atoms in total. The zero-order valence-corrected chi connectivity index (χ0v) is 14.7. The molecule has 0 unspecified atom stereocenters. The molecule has 2 N–H and O–H groups in total. The molecule has 1 amide bonds. The van der Waals surface area contributed by atoms with Crippen molar-refractivity contribution in [1.82, 2.24) is 19.9 Å². The van der Waals surface area contributed by atoms with Crippen molar-refractivity contribution < 1.29 is 19.4 Å². The first-order chi connectivity index (χ1) is 11.7. The number of hydrogen-bond acceptors (Lipinski definition) is 5. The third-order valence-corrected chi connectivity index (χ3v) is 5.21. The van der Waals surface area contributed by atoms with Crippen LogP contribution in [0.25, 0.3) is 5.65 Å². The molecule has 2 aromatic heterocycles. The topological polar surface area (TPSA) is 106 Å². The number of amides is 1. The van der Waals surface area contributed by atoms with E-state index in [2.05, 4.69) is 15.4 Å². The zero-order valence-electron chi connectivity index (χ0n) is 14.7. The summed E-state index contributed by atoms with van der Waals surface area (Å²) in [5.41, 5.74) is -0.731. The van der Waals surface area contributed by atoms with E-state index in [1.165, 1.54) is 10.7 Å². The maximum Gasteiger partial charge on any atom is 0.330 e. The third kappa shape index (κ3) is 2.48. The average molecular weight is 346 g/mol. The van der Waals surface area contributed by atoms with Crippen LogP contribution in [-0.4, -0.2) is 49.8 Å². The molecule has 1 fully saturated rings. The monoisotopic (exact) mass is 346 g/mol. The number of aromatic nitrogens is 3. The van der Waals surface area contributed by atoms with E-state index < -0.39 is 22.8 Å². The highest BCUT2D eigenvalue weighted by molar-refractivity contribution is 6.02. The van der Waals surface area contributed by atoms with Crippen LogP contribution in [0.1, 0.15) is 43.2 Å². The predicted molar refractivity (Wildman–Crippen MR) is 89.4 cm³/mol. The maximum absolute atomic E-state index is 12.8. The molecule has 3 rings (SSSR count). The Morgan fingerprint density at radius 1 is 1.48 bits per heavy atom. The lowest BCUT2D eigenvalue weighted by Crippen LogP contribution is -2.76. The van der Waals surface area contributed by atoms with Gasteiger partial charge in [0.1, 0.15) is 11.1 Å². The minimum absolute atomic E-state index is 0.223. The quantitative estimate of drug-likeness (QED) is 0.848. The molecule has 2 heterocycles. The molecule has 1 saturated carbocycles. The van der Waals surface area contributed by atoms with Gasteiger partial charge in [-0.25, -0.2) is 14.3 Å². The molecule has 2 aromatic rings. The highest BCUT2D eigenvalue weighted by Crippen LogP contribution is 2.51. The zero-order chi connectivity index (χ0) is 18.4. The average Bonchev–Trinajstić information content (AvgIpc) is 2.96. The van der Waals surface area contributed by atoms with E-state index in [0.717, 1.165) is 5.69 Å². The lowest BCUT2D eigenvalue weighted by molar-refractivity contribution is -0.190. The van der Waals surface area contributed by atoms with Gasteiger partial charge in [-0.15, -0.1) is 0 Å². The van der Waals surface area contributed by atoms with Gasteiger partial charge in [-0.05, 0) is 19.9 Å². The molecule has 1 aliphatic rings. The first kappa shape index (κ1) is 17.3. The molecule has 0 bridgehead atoms. The number of fused-ring (bicyclic) bond motifs is 1. The van der Waals surface area contributed by atoms with Gasteiger partial charge in [0.05, 0.1) is 12.3 Å². The fourth-order valence-electron chi connectivity index (χ4n) is 3.42. The van der Waals surface area contributed by atoms with Gasteiger partial charge in [-0.3, -0.25) is 4.79 Å². The second-order valence-electron chi connectivity index (χ2n) is 6.93. The van der Waals surface area contributed by atoms with Crippen molar-refractivity contribution in [1.29, 1.82) is 0 Å². The molecule has 0 aliphatic heterocycles. The number of carbonyl (C=O) groups excluding carboxylic acids is 1. The summed E-state index contributed by atoms with van der Waals surface area (Å²) in [6.07, 6.45) is 3.11. The van der Waals surface area contributed by atoms with E-state index >= 15 is 0 Å². The standard InChI is InChI=1S/C17H22N4O4/c1-5-25-12-8-17(15(23)24,16(12,3)4)20-14(22)11-9-18-21-7-6-10(2)19-13(11)21/h6-7,9,12H,5,8H2,1-4H3,(H,20,22)(H,23,24)/t12-,17+/m0/s1. The van der Waals surface area contributed by atoms with Crippen LogP contribution in [0, 0.1) is 12.3 Å². The Labute approximate surface area is 145 Å². The molecule has 0 saturated heterocycles. The molecule has 25 heavy (non-hydrogen) atoms. The predicted octanol–water partition coefficient (Wildman–Crippen LogP) is 1.43. The van der Waals surface area contributed by atoms with Gasteiger partial charge in [0.2, 0.25) is 0 Å². The molecule has 0 radical (unpaired) electrons. The van der Waals surface area contributed by atoms with Crippen molar-refractivity contribution in [3.05, 3.63) is 29.7 Å².